The van der Waals surface area contributed by atoms with E-state index in [-0.39, 0.29) is 36.2 Å². The Bertz CT molecular complexity index is 853. The lowest BCUT2D eigenvalue weighted by Crippen LogP contribution is -2.47. The number of hydrogen-bond donors (Lipinski definition) is 1. The molecule has 136 valence electrons. The second-order valence-electron chi connectivity index (χ2n) is 6.03. The smallest absolute Gasteiger partial charge is 0.305 e. The molecule has 2 heterocycles. The van der Waals surface area contributed by atoms with Crippen LogP contribution in [0, 0.1) is 0 Å². The molecule has 2 aromatic rings. The van der Waals surface area contributed by atoms with Gasteiger partial charge >= 0.3 is 5.97 Å². The van der Waals surface area contributed by atoms with E-state index in [1.54, 1.807) is 16.7 Å². The molecule has 0 spiro atoms. The number of carboxylic acids is 1. The average Bonchev–Trinajstić information content (AvgIpc) is 2.64. The molecule has 1 N–H and O–H groups in total. The highest BCUT2D eigenvalue weighted by molar-refractivity contribution is 7.99. The zero-order chi connectivity index (χ0) is 18.5. The van der Waals surface area contributed by atoms with Crippen molar-refractivity contribution < 1.29 is 14.7 Å². The fourth-order valence-corrected chi connectivity index (χ4v) is 3.93. The summed E-state index contributed by atoms with van der Waals surface area (Å²) in [6.45, 7) is 0.746. The standard InChI is InChI=1S/C18H19N3O4S/c22-16-7-6-15(19-21(16)11-13-4-2-1-3-5-13)18(25)20-8-9-26-12-14(20)10-17(23)24/h1-7,14H,8-12H2,(H,23,24). The van der Waals surface area contributed by atoms with Crippen molar-refractivity contribution in [3.63, 3.8) is 0 Å². The van der Waals surface area contributed by atoms with Crippen LogP contribution in [0.25, 0.3) is 0 Å². The number of benzene rings is 1. The van der Waals surface area contributed by atoms with E-state index >= 15 is 0 Å². The van der Waals surface area contributed by atoms with Crippen LogP contribution in [-0.4, -0.2) is 55.8 Å². The van der Waals surface area contributed by atoms with Gasteiger partial charge in [-0.2, -0.15) is 16.9 Å². The summed E-state index contributed by atoms with van der Waals surface area (Å²) in [6, 6.07) is 11.8. The summed E-state index contributed by atoms with van der Waals surface area (Å²) < 4.78 is 1.26. The van der Waals surface area contributed by atoms with Crippen LogP contribution in [0.1, 0.15) is 22.5 Å². The highest BCUT2D eigenvalue weighted by atomic mass is 32.2. The largest absolute Gasteiger partial charge is 0.481 e. The summed E-state index contributed by atoms with van der Waals surface area (Å²) in [7, 11) is 0. The zero-order valence-electron chi connectivity index (χ0n) is 14.1. The third-order valence-corrected chi connectivity index (χ3v) is 5.25. The number of thioether (sulfide) groups is 1. The molecule has 1 aliphatic heterocycles. The lowest BCUT2D eigenvalue weighted by molar-refractivity contribution is -0.138. The Morgan fingerprint density at radius 3 is 2.69 bits per heavy atom. The van der Waals surface area contributed by atoms with E-state index in [1.807, 2.05) is 30.3 Å². The van der Waals surface area contributed by atoms with Gasteiger partial charge in [0.25, 0.3) is 11.5 Å². The Labute approximate surface area is 154 Å². The number of rotatable bonds is 5. The van der Waals surface area contributed by atoms with Crippen LogP contribution in [0.5, 0.6) is 0 Å². The van der Waals surface area contributed by atoms with E-state index < -0.39 is 5.97 Å². The minimum atomic E-state index is -0.933. The Morgan fingerprint density at radius 1 is 1.19 bits per heavy atom. The third-order valence-electron chi connectivity index (χ3n) is 4.16. The van der Waals surface area contributed by atoms with Crippen LogP contribution in [0.2, 0.25) is 0 Å². The van der Waals surface area contributed by atoms with Crippen LogP contribution >= 0.6 is 11.8 Å². The summed E-state index contributed by atoms with van der Waals surface area (Å²) in [5.41, 5.74) is 0.773. The van der Waals surface area contributed by atoms with Gasteiger partial charge in [-0.25, -0.2) is 4.68 Å². The summed E-state index contributed by atoms with van der Waals surface area (Å²) in [6.07, 6.45) is -0.0948. The molecule has 8 heteroatoms. The van der Waals surface area contributed by atoms with Gasteiger partial charge in [0.1, 0.15) is 5.69 Å². The summed E-state index contributed by atoms with van der Waals surface area (Å²) in [5, 5.41) is 13.3. The highest BCUT2D eigenvalue weighted by Gasteiger charge is 2.30. The number of hydrogen-bond acceptors (Lipinski definition) is 5. The second kappa shape index (κ2) is 8.18. The van der Waals surface area contributed by atoms with Gasteiger partial charge in [-0.1, -0.05) is 30.3 Å². The highest BCUT2D eigenvalue weighted by Crippen LogP contribution is 2.20. The molecule has 1 amide bonds. The molecule has 1 saturated heterocycles. The molecule has 7 nitrogen and oxygen atoms in total. The predicted octanol–water partition coefficient (Wildman–Crippen LogP) is 1.32. The monoisotopic (exact) mass is 373 g/mol. The number of aliphatic carboxylic acids is 1. The van der Waals surface area contributed by atoms with Crippen molar-refractivity contribution >= 4 is 23.6 Å². The molecule has 1 atom stereocenters. The fraction of sp³-hybridized carbons (Fsp3) is 0.333. The molecule has 1 fully saturated rings. The van der Waals surface area contributed by atoms with Crippen molar-refractivity contribution in [3.8, 4) is 0 Å². The Hall–Kier alpha value is -2.61. The minimum absolute atomic E-state index is 0.0948. The van der Waals surface area contributed by atoms with Crippen LogP contribution in [0.15, 0.2) is 47.3 Å². The summed E-state index contributed by atoms with van der Waals surface area (Å²) in [4.78, 5) is 37.6. The molecule has 3 rings (SSSR count). The van der Waals surface area contributed by atoms with Crippen molar-refractivity contribution in [1.29, 1.82) is 0 Å². The Morgan fingerprint density at radius 2 is 1.96 bits per heavy atom. The molecule has 1 unspecified atom stereocenters. The average molecular weight is 373 g/mol. The van der Waals surface area contributed by atoms with Crippen molar-refractivity contribution in [1.82, 2.24) is 14.7 Å². The number of carbonyl (C=O) groups excluding carboxylic acids is 1. The van der Waals surface area contributed by atoms with Crippen LogP contribution < -0.4 is 5.56 Å². The lowest BCUT2D eigenvalue weighted by atomic mass is 10.1. The molecule has 0 aliphatic carbocycles. The first kappa shape index (κ1) is 18.2. The predicted molar refractivity (Wildman–Crippen MR) is 98.4 cm³/mol. The van der Waals surface area contributed by atoms with Crippen molar-refractivity contribution in [2.45, 2.75) is 19.0 Å². The number of carboxylic acid groups (broad SMARTS) is 1. The SMILES string of the molecule is O=C(O)CC1CSCCN1C(=O)c1ccc(=O)n(Cc2ccccc2)n1. The molecule has 0 bridgehead atoms. The van der Waals surface area contributed by atoms with Gasteiger partial charge < -0.3 is 10.0 Å². The van der Waals surface area contributed by atoms with Gasteiger partial charge in [-0.15, -0.1) is 0 Å². The summed E-state index contributed by atoms with van der Waals surface area (Å²) in [5.74, 6) is 0.0726. The van der Waals surface area contributed by atoms with Gasteiger partial charge in [0.15, 0.2) is 0 Å². The van der Waals surface area contributed by atoms with Crippen molar-refractivity contribution in [2.24, 2.45) is 0 Å². The van der Waals surface area contributed by atoms with Gasteiger partial charge in [0.2, 0.25) is 0 Å². The number of aromatic nitrogens is 2. The number of nitrogens with zero attached hydrogens (tertiary/aromatic N) is 3. The molecular weight excluding hydrogens is 354 g/mol. The van der Waals surface area contributed by atoms with Crippen LogP contribution in [-0.2, 0) is 11.3 Å². The first-order chi connectivity index (χ1) is 12.5. The van der Waals surface area contributed by atoms with Crippen LogP contribution in [0.4, 0.5) is 0 Å². The van der Waals surface area contributed by atoms with E-state index in [1.165, 1.54) is 16.8 Å². The maximum Gasteiger partial charge on any atom is 0.305 e. The molecule has 1 aromatic carbocycles. The molecule has 1 aromatic heterocycles. The van der Waals surface area contributed by atoms with Crippen molar-refractivity contribution in [2.75, 3.05) is 18.1 Å². The quantitative estimate of drug-likeness (QED) is 0.850. The maximum absolute atomic E-state index is 12.9. The van der Waals surface area contributed by atoms with Gasteiger partial charge in [-0.3, -0.25) is 14.4 Å². The van der Waals surface area contributed by atoms with E-state index in [4.69, 9.17) is 5.11 Å². The molecular formula is C18H19N3O4S. The van der Waals surface area contributed by atoms with Gasteiger partial charge in [0.05, 0.1) is 19.0 Å². The zero-order valence-corrected chi connectivity index (χ0v) is 14.9. The molecule has 1 aliphatic rings. The van der Waals surface area contributed by atoms with E-state index in [0.29, 0.717) is 12.3 Å². The van der Waals surface area contributed by atoms with E-state index in [2.05, 4.69) is 5.10 Å². The first-order valence-corrected chi connectivity index (χ1v) is 9.42. The van der Waals surface area contributed by atoms with Crippen molar-refractivity contribution in [3.05, 3.63) is 64.1 Å². The summed E-state index contributed by atoms with van der Waals surface area (Å²) >= 11 is 1.64. The van der Waals surface area contributed by atoms with E-state index in [9.17, 15) is 14.4 Å². The van der Waals surface area contributed by atoms with Crippen LogP contribution in [0.3, 0.4) is 0 Å². The number of amides is 1. The van der Waals surface area contributed by atoms with Gasteiger partial charge in [-0.05, 0) is 11.6 Å². The topological polar surface area (TPSA) is 92.5 Å². The maximum atomic E-state index is 12.9. The molecule has 26 heavy (non-hydrogen) atoms. The van der Waals surface area contributed by atoms with Gasteiger partial charge in [0, 0.05) is 24.1 Å². The fourth-order valence-electron chi connectivity index (χ4n) is 2.87. The molecule has 0 saturated carbocycles. The Kier molecular flexibility index (Phi) is 5.72. The Balaban J connectivity index is 1.83. The van der Waals surface area contributed by atoms with E-state index in [0.717, 1.165) is 11.3 Å². The number of carbonyl (C=O) groups is 2. The minimum Gasteiger partial charge on any atom is -0.481 e. The normalized spacial score (nSPS) is 17.1. The third kappa shape index (κ3) is 4.32. The lowest BCUT2D eigenvalue weighted by Gasteiger charge is -2.34. The second-order valence-corrected chi connectivity index (χ2v) is 7.18. The first-order valence-electron chi connectivity index (χ1n) is 8.27. The molecule has 0 radical (unpaired) electrons.